The number of fused-ring (bicyclic) bond motifs is 3. The number of hydrogen-bond donors (Lipinski definition) is 2. The van der Waals surface area contributed by atoms with Crippen molar-refractivity contribution in [1.82, 2.24) is 5.32 Å². The number of aliphatic carboxylic acids is 1. The molecule has 1 aliphatic carbocycles. The summed E-state index contributed by atoms with van der Waals surface area (Å²) in [7, 11) is 0. The van der Waals surface area contributed by atoms with Gasteiger partial charge in [0.15, 0.2) is 0 Å². The molecule has 0 saturated carbocycles. The number of hydrogen-bond acceptors (Lipinski definition) is 4. The smallest absolute Gasteiger partial charge is 0.407 e. The first kappa shape index (κ1) is 22.1. The Morgan fingerprint density at radius 3 is 2.30 bits per heavy atom. The van der Waals surface area contributed by atoms with Crippen LogP contribution >= 0.6 is 0 Å². The predicted octanol–water partition coefficient (Wildman–Crippen LogP) is 4.79. The van der Waals surface area contributed by atoms with Gasteiger partial charge in [0.25, 0.3) is 0 Å². The van der Waals surface area contributed by atoms with Crippen LogP contribution in [0.1, 0.15) is 22.6 Å². The number of alkyl carbamates (subject to hydrolysis) is 1. The zero-order chi connectivity index (χ0) is 23.2. The number of carbonyl (C=O) groups is 2. The number of carbonyl (C=O) groups excluding carboxylic acids is 1. The molecule has 3 aromatic carbocycles. The first-order valence-electron chi connectivity index (χ1n) is 10.7. The van der Waals surface area contributed by atoms with Crippen LogP contribution in [-0.2, 0) is 16.0 Å². The van der Waals surface area contributed by atoms with E-state index in [0.29, 0.717) is 12.4 Å². The molecule has 3 aromatic rings. The molecule has 6 nitrogen and oxygen atoms in total. The number of carboxylic acids is 1. The van der Waals surface area contributed by atoms with Gasteiger partial charge in [-0.2, -0.15) is 0 Å². The van der Waals surface area contributed by atoms with Crippen LogP contribution in [0.3, 0.4) is 0 Å². The molecule has 0 radical (unpaired) electrons. The van der Waals surface area contributed by atoms with E-state index in [9.17, 15) is 14.7 Å². The minimum absolute atomic E-state index is 0.0925. The highest BCUT2D eigenvalue weighted by atomic mass is 16.5. The third kappa shape index (κ3) is 5.06. The summed E-state index contributed by atoms with van der Waals surface area (Å²) in [6.07, 6.45) is 0.972. The van der Waals surface area contributed by atoms with Crippen molar-refractivity contribution in [3.05, 3.63) is 102 Å². The molecule has 6 heteroatoms. The zero-order valence-corrected chi connectivity index (χ0v) is 18.1. The fraction of sp³-hybridized carbons (Fsp3) is 0.185. The van der Waals surface area contributed by atoms with E-state index in [2.05, 4.69) is 24.0 Å². The molecule has 0 spiro atoms. The number of nitrogens with one attached hydrogen (secondary N) is 1. The van der Waals surface area contributed by atoms with Crippen LogP contribution in [0.15, 0.2) is 85.5 Å². The number of amides is 1. The molecule has 0 aliphatic heterocycles. The van der Waals surface area contributed by atoms with Crippen LogP contribution in [0.2, 0.25) is 0 Å². The van der Waals surface area contributed by atoms with E-state index in [1.165, 1.54) is 0 Å². The number of carboxylic acid groups (broad SMARTS) is 1. The van der Waals surface area contributed by atoms with E-state index in [-0.39, 0.29) is 18.9 Å². The molecule has 0 bridgehead atoms. The number of rotatable bonds is 9. The van der Waals surface area contributed by atoms with Gasteiger partial charge in [-0.3, -0.25) is 0 Å². The topological polar surface area (TPSA) is 84.9 Å². The second-order valence-electron chi connectivity index (χ2n) is 7.81. The Kier molecular flexibility index (Phi) is 6.74. The Bertz CT molecular complexity index is 1130. The molecular weight excluding hydrogens is 418 g/mol. The van der Waals surface area contributed by atoms with Crippen LogP contribution < -0.4 is 10.1 Å². The van der Waals surface area contributed by atoms with Gasteiger partial charge in [-0.15, -0.1) is 0 Å². The lowest BCUT2D eigenvalue weighted by Gasteiger charge is -2.18. The zero-order valence-electron chi connectivity index (χ0n) is 18.1. The summed E-state index contributed by atoms with van der Waals surface area (Å²) in [6.45, 7) is 4.08. The van der Waals surface area contributed by atoms with Gasteiger partial charge in [0, 0.05) is 12.3 Å². The third-order valence-electron chi connectivity index (χ3n) is 5.64. The van der Waals surface area contributed by atoms with Crippen molar-refractivity contribution in [3.63, 3.8) is 0 Å². The first-order chi connectivity index (χ1) is 16.1. The predicted molar refractivity (Wildman–Crippen MR) is 125 cm³/mol. The summed E-state index contributed by atoms with van der Waals surface area (Å²) >= 11 is 0. The highest BCUT2D eigenvalue weighted by molar-refractivity contribution is 5.81. The summed E-state index contributed by atoms with van der Waals surface area (Å²) in [6, 6.07) is 22.0. The highest BCUT2D eigenvalue weighted by Crippen LogP contribution is 2.44. The third-order valence-corrected chi connectivity index (χ3v) is 5.64. The number of ether oxygens (including phenoxy) is 2. The normalized spacial score (nSPS) is 12.8. The Hall–Kier alpha value is -4.06. The van der Waals surface area contributed by atoms with Gasteiger partial charge >= 0.3 is 12.1 Å². The van der Waals surface area contributed by atoms with Crippen molar-refractivity contribution >= 4 is 12.1 Å². The van der Waals surface area contributed by atoms with Crippen molar-refractivity contribution < 1.29 is 24.2 Å². The summed E-state index contributed by atoms with van der Waals surface area (Å²) in [5.74, 6) is -0.622. The van der Waals surface area contributed by atoms with Crippen LogP contribution in [0.25, 0.3) is 11.1 Å². The van der Waals surface area contributed by atoms with Crippen LogP contribution in [0.4, 0.5) is 4.79 Å². The molecule has 33 heavy (non-hydrogen) atoms. The van der Waals surface area contributed by atoms with Crippen molar-refractivity contribution in [3.8, 4) is 16.9 Å². The van der Waals surface area contributed by atoms with E-state index >= 15 is 0 Å². The van der Waals surface area contributed by atoms with E-state index in [1.54, 1.807) is 30.3 Å². The Morgan fingerprint density at radius 2 is 1.67 bits per heavy atom. The molecule has 4 rings (SSSR count). The molecule has 0 unspecified atom stereocenters. The maximum absolute atomic E-state index is 12.5. The average Bonchev–Trinajstić information content (AvgIpc) is 3.15. The lowest BCUT2D eigenvalue weighted by molar-refractivity contribution is -0.139. The Balaban J connectivity index is 1.40. The maximum atomic E-state index is 12.5. The lowest BCUT2D eigenvalue weighted by Crippen LogP contribution is -2.42. The summed E-state index contributed by atoms with van der Waals surface area (Å²) in [4.78, 5) is 24.3. The molecule has 1 atom stereocenters. The molecule has 2 N–H and O–H groups in total. The van der Waals surface area contributed by atoms with Crippen molar-refractivity contribution in [2.45, 2.75) is 18.4 Å². The second kappa shape index (κ2) is 10.0. The van der Waals surface area contributed by atoms with Crippen LogP contribution in [-0.4, -0.2) is 36.4 Å². The van der Waals surface area contributed by atoms with Gasteiger partial charge in [0.2, 0.25) is 0 Å². The second-order valence-corrected chi connectivity index (χ2v) is 7.81. The first-order valence-corrected chi connectivity index (χ1v) is 10.7. The van der Waals surface area contributed by atoms with Gasteiger partial charge in [-0.05, 0) is 39.9 Å². The van der Waals surface area contributed by atoms with E-state index in [0.717, 1.165) is 27.8 Å². The Morgan fingerprint density at radius 1 is 1.00 bits per heavy atom. The van der Waals surface area contributed by atoms with Crippen molar-refractivity contribution in [2.75, 3.05) is 13.2 Å². The standard InChI is InChI=1S/C27H25NO5/c1-2-14-32-19-9-7-8-18(15-19)16-25(26(29)30)28-27(31)33-17-24-22-12-5-3-10-20(22)21-11-4-6-13-23(21)24/h2-13,15,24-25H,1,14,16-17H2,(H,28,31)(H,29,30)/t25-/m0/s1. The Labute approximate surface area is 192 Å². The molecule has 168 valence electrons. The maximum Gasteiger partial charge on any atom is 0.407 e. The lowest BCUT2D eigenvalue weighted by atomic mass is 9.98. The average molecular weight is 443 g/mol. The largest absolute Gasteiger partial charge is 0.490 e. The van der Waals surface area contributed by atoms with E-state index < -0.39 is 18.1 Å². The summed E-state index contributed by atoms with van der Waals surface area (Å²) in [5, 5.41) is 12.1. The fourth-order valence-electron chi connectivity index (χ4n) is 4.14. The molecule has 0 aromatic heterocycles. The SMILES string of the molecule is C=CCOc1cccc(C[C@H](NC(=O)OCC2c3ccccc3-c3ccccc32)C(=O)O)c1. The van der Waals surface area contributed by atoms with Crippen LogP contribution in [0.5, 0.6) is 5.75 Å². The molecule has 0 fully saturated rings. The minimum atomic E-state index is -1.14. The van der Waals surface area contributed by atoms with Gasteiger partial charge < -0.3 is 19.9 Å². The molecule has 0 saturated heterocycles. The minimum Gasteiger partial charge on any atom is -0.490 e. The van der Waals surface area contributed by atoms with Crippen molar-refractivity contribution in [1.29, 1.82) is 0 Å². The highest BCUT2D eigenvalue weighted by Gasteiger charge is 2.29. The molecular formula is C27H25NO5. The molecule has 1 amide bonds. The van der Waals surface area contributed by atoms with E-state index in [4.69, 9.17) is 9.47 Å². The van der Waals surface area contributed by atoms with Gasteiger partial charge in [-0.25, -0.2) is 9.59 Å². The van der Waals surface area contributed by atoms with Crippen molar-refractivity contribution in [2.24, 2.45) is 0 Å². The molecule has 0 heterocycles. The van der Waals surface area contributed by atoms with Crippen LogP contribution in [0, 0.1) is 0 Å². The monoisotopic (exact) mass is 443 g/mol. The van der Waals surface area contributed by atoms with Gasteiger partial charge in [-0.1, -0.05) is 73.3 Å². The molecule has 1 aliphatic rings. The quantitative estimate of drug-likeness (QED) is 0.465. The summed E-state index contributed by atoms with van der Waals surface area (Å²) < 4.78 is 11.0. The van der Waals surface area contributed by atoms with Gasteiger partial charge in [0.1, 0.15) is 25.0 Å². The van der Waals surface area contributed by atoms with Gasteiger partial charge in [0.05, 0.1) is 0 Å². The fourth-order valence-corrected chi connectivity index (χ4v) is 4.14. The summed E-state index contributed by atoms with van der Waals surface area (Å²) in [5.41, 5.74) is 5.17. The number of benzene rings is 3. The van der Waals surface area contributed by atoms with E-state index in [1.807, 2.05) is 36.4 Å².